The molecule has 8 nitrogen and oxygen atoms in total. The number of nitrogens with zero attached hydrogens (tertiary/aromatic N) is 3. The lowest BCUT2D eigenvalue weighted by Crippen LogP contribution is -2.47. The second kappa shape index (κ2) is 12.1. The number of halogens is 1. The van der Waals surface area contributed by atoms with Crippen LogP contribution in [0.1, 0.15) is 58.1 Å². The number of likely N-dealkylation sites (tertiary alicyclic amines) is 1. The van der Waals surface area contributed by atoms with Crippen molar-refractivity contribution in [2.45, 2.75) is 71.7 Å². The van der Waals surface area contributed by atoms with Crippen molar-refractivity contribution in [3.8, 4) is 5.88 Å². The molecule has 1 saturated heterocycles. The summed E-state index contributed by atoms with van der Waals surface area (Å²) < 4.78 is 26.1. The van der Waals surface area contributed by atoms with Gasteiger partial charge in [-0.2, -0.15) is 4.98 Å². The van der Waals surface area contributed by atoms with Gasteiger partial charge < -0.3 is 19.7 Å². The maximum Gasteiger partial charge on any atom is 0.410 e. The van der Waals surface area contributed by atoms with Crippen LogP contribution >= 0.6 is 0 Å². The fraction of sp³-hybridized carbons (Fsp3) is 0.519. The zero-order chi connectivity index (χ0) is 26.3. The molecule has 3 rings (SSSR count). The van der Waals surface area contributed by atoms with Crippen molar-refractivity contribution < 1.29 is 23.5 Å². The lowest BCUT2D eigenvalue weighted by Gasteiger charge is -2.28. The number of pyridine rings is 1. The Morgan fingerprint density at radius 1 is 1.25 bits per heavy atom. The van der Waals surface area contributed by atoms with Crippen LogP contribution in [0.5, 0.6) is 5.88 Å². The number of carbonyl (C=O) groups is 2. The van der Waals surface area contributed by atoms with E-state index in [2.05, 4.69) is 10.3 Å². The van der Waals surface area contributed by atoms with Crippen LogP contribution in [-0.4, -0.2) is 53.7 Å². The van der Waals surface area contributed by atoms with Gasteiger partial charge in [-0.25, -0.2) is 9.18 Å². The number of carbonyl (C=O) groups excluding carboxylic acids is 2. The Balaban J connectivity index is 1.72. The lowest BCUT2D eigenvalue weighted by atomic mass is 10.2. The molecule has 1 aliphatic rings. The average Bonchev–Trinajstić information content (AvgIpc) is 3.32. The first-order valence-corrected chi connectivity index (χ1v) is 12.4. The van der Waals surface area contributed by atoms with Crippen molar-refractivity contribution >= 4 is 17.8 Å². The van der Waals surface area contributed by atoms with Crippen molar-refractivity contribution in [1.82, 2.24) is 15.2 Å². The van der Waals surface area contributed by atoms with E-state index in [1.165, 1.54) is 18.1 Å². The van der Waals surface area contributed by atoms with Gasteiger partial charge in [0, 0.05) is 31.7 Å². The molecule has 1 N–H and O–H groups in total. The Labute approximate surface area is 212 Å². The summed E-state index contributed by atoms with van der Waals surface area (Å²) in [5, 5.41) is 2.82. The predicted octanol–water partition coefficient (Wildman–Crippen LogP) is 4.66. The predicted molar refractivity (Wildman–Crippen MR) is 136 cm³/mol. The fourth-order valence-electron chi connectivity index (χ4n) is 4.24. The molecule has 0 aliphatic carbocycles. The summed E-state index contributed by atoms with van der Waals surface area (Å²) in [6.45, 7) is 9.01. The highest BCUT2D eigenvalue weighted by molar-refractivity contribution is 5.86. The molecule has 1 atom stereocenters. The van der Waals surface area contributed by atoms with E-state index in [4.69, 9.17) is 9.47 Å². The van der Waals surface area contributed by atoms with E-state index in [-0.39, 0.29) is 24.1 Å². The van der Waals surface area contributed by atoms with Crippen LogP contribution in [0.25, 0.3) is 0 Å². The number of rotatable bonds is 9. The van der Waals surface area contributed by atoms with Gasteiger partial charge >= 0.3 is 6.09 Å². The average molecular weight is 501 g/mol. The molecule has 1 aromatic carbocycles. The highest BCUT2D eigenvalue weighted by atomic mass is 19.1. The van der Waals surface area contributed by atoms with Crippen molar-refractivity contribution in [2.75, 3.05) is 25.1 Å². The Kier molecular flexibility index (Phi) is 9.12. The molecule has 2 aromatic rings. The summed E-state index contributed by atoms with van der Waals surface area (Å²) in [5.74, 6) is -0.349. The van der Waals surface area contributed by atoms with Crippen LogP contribution in [0, 0.1) is 5.82 Å². The molecule has 1 fully saturated rings. The standard InChI is InChI=1S/C27H37FN4O4/c1-6-14-31(18-19-11-8-7-9-12-19)23-21(28)16-20(25(30-23)35-5)17-29-24(33)22-13-10-15-32(22)26(34)36-27(2,3)4/h7-9,11-12,16,22H,6,10,13-15,17-18H2,1-5H3,(H,29,33). The van der Waals surface area contributed by atoms with Gasteiger partial charge in [0.1, 0.15) is 11.6 Å². The van der Waals surface area contributed by atoms with Crippen molar-refractivity contribution in [3.05, 3.63) is 53.3 Å². The van der Waals surface area contributed by atoms with Gasteiger partial charge in [-0.3, -0.25) is 9.69 Å². The van der Waals surface area contributed by atoms with E-state index in [0.717, 1.165) is 12.0 Å². The second-order valence-electron chi connectivity index (χ2n) is 9.92. The van der Waals surface area contributed by atoms with Crippen molar-refractivity contribution in [3.63, 3.8) is 0 Å². The lowest BCUT2D eigenvalue weighted by molar-refractivity contribution is -0.125. The smallest absolute Gasteiger partial charge is 0.410 e. The molecule has 0 radical (unpaired) electrons. The minimum Gasteiger partial charge on any atom is -0.481 e. The van der Waals surface area contributed by atoms with Gasteiger partial charge in [0.2, 0.25) is 11.8 Å². The number of nitrogens with one attached hydrogen (secondary N) is 1. The van der Waals surface area contributed by atoms with Crippen LogP contribution in [0.4, 0.5) is 15.0 Å². The van der Waals surface area contributed by atoms with Crippen molar-refractivity contribution in [2.24, 2.45) is 0 Å². The highest BCUT2D eigenvalue weighted by Gasteiger charge is 2.36. The third kappa shape index (κ3) is 7.08. The van der Waals surface area contributed by atoms with E-state index in [1.54, 1.807) is 20.8 Å². The largest absolute Gasteiger partial charge is 0.481 e. The summed E-state index contributed by atoms with van der Waals surface area (Å²) in [5.41, 5.74) is 0.823. The second-order valence-corrected chi connectivity index (χ2v) is 9.92. The molecule has 1 aliphatic heterocycles. The zero-order valence-corrected chi connectivity index (χ0v) is 21.8. The third-order valence-corrected chi connectivity index (χ3v) is 5.84. The first-order valence-electron chi connectivity index (χ1n) is 12.4. The molecular formula is C27H37FN4O4. The van der Waals surface area contributed by atoms with Gasteiger partial charge in [0.05, 0.1) is 7.11 Å². The molecule has 9 heteroatoms. The van der Waals surface area contributed by atoms with Gasteiger partial charge in [-0.05, 0) is 51.7 Å². The molecule has 1 aromatic heterocycles. The van der Waals surface area contributed by atoms with Crippen molar-refractivity contribution in [1.29, 1.82) is 0 Å². The summed E-state index contributed by atoms with van der Waals surface area (Å²) in [4.78, 5) is 33.2. The Morgan fingerprint density at radius 3 is 2.61 bits per heavy atom. The van der Waals surface area contributed by atoms with Gasteiger partial charge in [-0.15, -0.1) is 0 Å². The molecule has 36 heavy (non-hydrogen) atoms. The number of amides is 2. The SMILES string of the molecule is CCCN(Cc1ccccc1)c1nc(OC)c(CNC(=O)C2CCCN2C(=O)OC(C)(C)C)cc1F. The Morgan fingerprint density at radius 2 is 1.97 bits per heavy atom. The highest BCUT2D eigenvalue weighted by Crippen LogP contribution is 2.27. The first-order chi connectivity index (χ1) is 17.1. The fourth-order valence-corrected chi connectivity index (χ4v) is 4.24. The molecule has 0 bridgehead atoms. The summed E-state index contributed by atoms with van der Waals surface area (Å²) >= 11 is 0. The van der Waals surface area contributed by atoms with Gasteiger partial charge in [-0.1, -0.05) is 37.3 Å². The van der Waals surface area contributed by atoms with Gasteiger partial charge in [0.15, 0.2) is 11.6 Å². The quantitative estimate of drug-likeness (QED) is 0.539. The third-order valence-electron chi connectivity index (χ3n) is 5.84. The number of methoxy groups -OCH3 is 1. The topological polar surface area (TPSA) is 84.0 Å². The summed E-state index contributed by atoms with van der Waals surface area (Å²) in [6.07, 6.45) is 1.56. The minimum absolute atomic E-state index is 0.0251. The number of anilines is 1. The minimum atomic E-state index is -0.648. The Bertz CT molecular complexity index is 1040. The molecule has 2 amide bonds. The molecular weight excluding hydrogens is 463 g/mol. The number of aromatic nitrogens is 1. The van der Waals surface area contributed by atoms with E-state index >= 15 is 4.39 Å². The van der Waals surface area contributed by atoms with E-state index in [1.807, 2.05) is 42.2 Å². The number of hydrogen-bond acceptors (Lipinski definition) is 6. The van der Waals surface area contributed by atoms with E-state index in [9.17, 15) is 9.59 Å². The maximum atomic E-state index is 15.3. The maximum absolute atomic E-state index is 15.3. The Hall–Kier alpha value is -3.36. The normalized spacial score (nSPS) is 15.5. The molecule has 0 spiro atoms. The molecule has 0 saturated carbocycles. The van der Waals surface area contributed by atoms with E-state index < -0.39 is 23.6 Å². The zero-order valence-electron chi connectivity index (χ0n) is 21.8. The van der Waals surface area contributed by atoms with Crippen LogP contribution in [0.2, 0.25) is 0 Å². The van der Waals surface area contributed by atoms with Crippen LogP contribution < -0.4 is 15.0 Å². The molecule has 1 unspecified atom stereocenters. The summed E-state index contributed by atoms with van der Waals surface area (Å²) in [6, 6.07) is 10.5. The monoisotopic (exact) mass is 500 g/mol. The van der Waals surface area contributed by atoms with Crippen LogP contribution in [0.3, 0.4) is 0 Å². The van der Waals surface area contributed by atoms with Crippen LogP contribution in [-0.2, 0) is 22.6 Å². The summed E-state index contributed by atoms with van der Waals surface area (Å²) in [7, 11) is 1.47. The van der Waals surface area contributed by atoms with E-state index in [0.29, 0.717) is 38.0 Å². The number of benzene rings is 1. The first kappa shape index (κ1) is 27.2. The van der Waals surface area contributed by atoms with Gasteiger partial charge in [0.25, 0.3) is 0 Å². The number of ether oxygens (including phenoxy) is 2. The molecule has 2 heterocycles. The number of hydrogen-bond donors (Lipinski definition) is 1. The van der Waals surface area contributed by atoms with Crippen LogP contribution in [0.15, 0.2) is 36.4 Å². The molecule has 196 valence electrons.